The smallest absolute Gasteiger partial charge is 0.248 e. The first-order valence-electron chi connectivity index (χ1n) is 13.1. The van der Waals surface area contributed by atoms with E-state index in [1.807, 2.05) is 41.0 Å². The summed E-state index contributed by atoms with van der Waals surface area (Å²) in [6.45, 7) is 2.17. The number of carbonyl (C=O) groups excluding carboxylic acids is 2. The topological polar surface area (TPSA) is 119 Å². The summed E-state index contributed by atoms with van der Waals surface area (Å²) in [6.07, 6.45) is 2.92. The highest BCUT2D eigenvalue weighted by molar-refractivity contribution is 9.10. The molecule has 2 amide bonds. The number of halogens is 1. The molecule has 200 valence electrons. The quantitative estimate of drug-likeness (QED) is 0.276. The van der Waals surface area contributed by atoms with E-state index >= 15 is 0 Å². The number of amides is 2. The van der Waals surface area contributed by atoms with Crippen LogP contribution in [0.3, 0.4) is 0 Å². The van der Waals surface area contributed by atoms with Crippen molar-refractivity contribution >= 4 is 61.3 Å². The Morgan fingerprint density at radius 2 is 1.88 bits per heavy atom. The van der Waals surface area contributed by atoms with Crippen molar-refractivity contribution in [3.05, 3.63) is 77.7 Å². The SMILES string of the molecule is C[C@@]12C[C@@H](C(=O)Nc3cccc(Br)n3)N(C(=O)Cn3c4cc(-c5ccccc5)ccc4c4c(N)ncnc43)[C@@H]1C2. The van der Waals surface area contributed by atoms with Crippen molar-refractivity contribution in [2.45, 2.75) is 38.4 Å². The molecule has 4 heterocycles. The van der Waals surface area contributed by atoms with E-state index in [9.17, 15) is 9.59 Å². The summed E-state index contributed by atoms with van der Waals surface area (Å²) in [6, 6.07) is 21.0. The molecule has 1 aliphatic heterocycles. The summed E-state index contributed by atoms with van der Waals surface area (Å²) in [4.78, 5) is 42.3. The number of fused-ring (bicyclic) bond motifs is 4. The number of nitrogens with one attached hydrogen (secondary N) is 1. The largest absolute Gasteiger partial charge is 0.383 e. The van der Waals surface area contributed by atoms with E-state index in [0.29, 0.717) is 28.3 Å². The Kier molecular flexibility index (Phi) is 5.64. The number of benzene rings is 2. The predicted molar refractivity (Wildman–Crippen MR) is 157 cm³/mol. The molecule has 2 fully saturated rings. The molecule has 10 heteroatoms. The molecule has 40 heavy (non-hydrogen) atoms. The molecule has 0 radical (unpaired) electrons. The van der Waals surface area contributed by atoms with Gasteiger partial charge in [-0.15, -0.1) is 0 Å². The number of pyridine rings is 1. The number of hydrogen-bond donors (Lipinski definition) is 2. The third kappa shape index (κ3) is 4.02. The molecular formula is C30H26BrN7O2. The first kappa shape index (κ1) is 24.7. The highest BCUT2D eigenvalue weighted by atomic mass is 79.9. The van der Waals surface area contributed by atoms with Crippen molar-refractivity contribution in [1.29, 1.82) is 0 Å². The lowest BCUT2D eigenvalue weighted by molar-refractivity contribution is -0.138. The molecule has 0 spiro atoms. The minimum Gasteiger partial charge on any atom is -0.383 e. The van der Waals surface area contributed by atoms with Crippen LogP contribution in [0.25, 0.3) is 33.1 Å². The van der Waals surface area contributed by atoms with Crippen molar-refractivity contribution in [1.82, 2.24) is 24.4 Å². The fourth-order valence-corrected chi connectivity index (χ4v) is 6.51. The van der Waals surface area contributed by atoms with Gasteiger partial charge in [0.2, 0.25) is 11.8 Å². The van der Waals surface area contributed by atoms with Crippen molar-refractivity contribution in [3.63, 3.8) is 0 Å². The van der Waals surface area contributed by atoms with Crippen molar-refractivity contribution < 1.29 is 9.59 Å². The Hall–Kier alpha value is -4.31. The Morgan fingerprint density at radius 3 is 2.67 bits per heavy atom. The molecule has 3 aromatic heterocycles. The number of aromatic nitrogens is 4. The van der Waals surface area contributed by atoms with Gasteiger partial charge in [0.25, 0.3) is 0 Å². The zero-order valence-electron chi connectivity index (χ0n) is 21.7. The Balaban J connectivity index is 1.26. The van der Waals surface area contributed by atoms with Crippen molar-refractivity contribution in [3.8, 4) is 11.1 Å². The zero-order chi connectivity index (χ0) is 27.6. The molecule has 1 aliphatic carbocycles. The summed E-state index contributed by atoms with van der Waals surface area (Å²) in [5.74, 6) is 0.450. The van der Waals surface area contributed by atoms with Crippen molar-refractivity contribution in [2.75, 3.05) is 11.1 Å². The molecular weight excluding hydrogens is 570 g/mol. The molecule has 2 aromatic carbocycles. The monoisotopic (exact) mass is 595 g/mol. The van der Waals surface area contributed by atoms with Crippen LogP contribution in [0.15, 0.2) is 77.7 Å². The predicted octanol–water partition coefficient (Wildman–Crippen LogP) is 5.01. The number of carbonyl (C=O) groups is 2. The normalized spacial score (nSPS) is 21.5. The lowest BCUT2D eigenvalue weighted by Crippen LogP contribution is -2.46. The van der Waals surface area contributed by atoms with E-state index in [-0.39, 0.29) is 29.8 Å². The van der Waals surface area contributed by atoms with Gasteiger partial charge >= 0.3 is 0 Å². The standard InChI is InChI=1S/C30H26BrN7O2/c1-30-13-21(29(40)36-24-9-5-8-23(31)35-24)38(22(30)14-30)25(39)15-37-20-12-18(17-6-3-2-4-7-17)10-11-19(20)26-27(32)33-16-34-28(26)37/h2-12,16,21-22H,13-15H2,1H3,(H2,32,33,34)(H,35,36,40)/t21-,22+,30-/m0/s1. The highest BCUT2D eigenvalue weighted by Gasteiger charge is 2.64. The van der Waals surface area contributed by atoms with Gasteiger partial charge in [0.05, 0.1) is 10.9 Å². The van der Waals surface area contributed by atoms with Crippen LogP contribution >= 0.6 is 15.9 Å². The van der Waals surface area contributed by atoms with Gasteiger partial charge in [-0.2, -0.15) is 0 Å². The third-order valence-corrected chi connectivity index (χ3v) is 8.70. The fourth-order valence-electron chi connectivity index (χ4n) is 6.17. The van der Waals surface area contributed by atoms with E-state index in [1.54, 1.807) is 17.0 Å². The number of nitrogens with two attached hydrogens (primary N) is 1. The molecule has 2 aliphatic rings. The number of hydrogen-bond acceptors (Lipinski definition) is 6. The maximum absolute atomic E-state index is 14.1. The van der Waals surface area contributed by atoms with Crippen molar-refractivity contribution in [2.24, 2.45) is 5.41 Å². The Bertz CT molecular complexity index is 1820. The maximum atomic E-state index is 14.1. The van der Waals surface area contributed by atoms with Crippen LogP contribution in [0.1, 0.15) is 19.8 Å². The number of rotatable bonds is 5. The van der Waals surface area contributed by atoms with Crippen LogP contribution in [0.2, 0.25) is 0 Å². The number of piperidine rings is 1. The lowest BCUT2D eigenvalue weighted by Gasteiger charge is -2.27. The zero-order valence-corrected chi connectivity index (χ0v) is 23.3. The molecule has 0 unspecified atom stereocenters. The van der Waals surface area contributed by atoms with Gasteiger partial charge in [-0.25, -0.2) is 15.0 Å². The van der Waals surface area contributed by atoms with E-state index < -0.39 is 6.04 Å². The molecule has 3 N–H and O–H groups in total. The first-order valence-corrected chi connectivity index (χ1v) is 13.9. The Morgan fingerprint density at radius 1 is 1.05 bits per heavy atom. The summed E-state index contributed by atoms with van der Waals surface area (Å²) in [7, 11) is 0. The van der Waals surface area contributed by atoms with E-state index in [2.05, 4.69) is 61.3 Å². The molecule has 9 nitrogen and oxygen atoms in total. The summed E-state index contributed by atoms with van der Waals surface area (Å²) in [5.41, 5.74) is 9.77. The lowest BCUT2D eigenvalue weighted by atomic mass is 10.0. The molecule has 5 aromatic rings. The maximum Gasteiger partial charge on any atom is 0.248 e. The van der Waals surface area contributed by atoms with Gasteiger partial charge in [0, 0.05) is 11.4 Å². The number of likely N-dealkylation sites (tertiary alicyclic amines) is 1. The number of nitrogens with zero attached hydrogens (tertiary/aromatic N) is 5. The minimum atomic E-state index is -0.579. The van der Waals surface area contributed by atoms with Gasteiger partial charge < -0.3 is 20.5 Å². The van der Waals surface area contributed by atoms with E-state index in [1.165, 1.54) is 6.33 Å². The average molecular weight is 596 g/mol. The van der Waals surface area contributed by atoms with Crippen LogP contribution in [-0.2, 0) is 16.1 Å². The molecule has 3 atom stereocenters. The van der Waals surface area contributed by atoms with Gasteiger partial charge in [-0.05, 0) is 63.5 Å². The molecule has 7 rings (SSSR count). The van der Waals surface area contributed by atoms with Gasteiger partial charge in [-0.1, -0.05) is 55.5 Å². The minimum absolute atomic E-state index is 0.0267. The fraction of sp³-hybridized carbons (Fsp3) is 0.233. The molecule has 0 bridgehead atoms. The van der Waals surface area contributed by atoms with Gasteiger partial charge in [0.1, 0.15) is 40.8 Å². The third-order valence-electron chi connectivity index (χ3n) is 8.26. The molecule has 1 saturated carbocycles. The van der Waals surface area contributed by atoms with Crippen LogP contribution in [0, 0.1) is 5.41 Å². The first-order chi connectivity index (χ1) is 19.3. The van der Waals surface area contributed by atoms with E-state index in [4.69, 9.17) is 5.73 Å². The highest BCUT2D eigenvalue weighted by Crippen LogP contribution is 2.59. The second-order valence-corrected chi connectivity index (χ2v) is 11.7. The second kappa shape index (κ2) is 9.12. The number of anilines is 2. The summed E-state index contributed by atoms with van der Waals surface area (Å²) >= 11 is 3.34. The van der Waals surface area contributed by atoms with Gasteiger partial charge in [-0.3, -0.25) is 9.59 Å². The number of nitrogen functional groups attached to an aromatic ring is 1. The van der Waals surface area contributed by atoms with Crippen LogP contribution < -0.4 is 11.1 Å². The van der Waals surface area contributed by atoms with Crippen LogP contribution in [-0.4, -0.2) is 48.3 Å². The average Bonchev–Trinajstić information content (AvgIpc) is 3.36. The van der Waals surface area contributed by atoms with Crippen LogP contribution in [0.5, 0.6) is 0 Å². The van der Waals surface area contributed by atoms with E-state index in [0.717, 1.165) is 33.8 Å². The Labute approximate surface area is 238 Å². The van der Waals surface area contributed by atoms with Crippen LogP contribution in [0.4, 0.5) is 11.6 Å². The van der Waals surface area contributed by atoms with Gasteiger partial charge in [0.15, 0.2) is 0 Å². The second-order valence-electron chi connectivity index (χ2n) is 10.9. The summed E-state index contributed by atoms with van der Waals surface area (Å²) in [5, 5.41) is 4.50. The molecule has 1 saturated heterocycles. The summed E-state index contributed by atoms with van der Waals surface area (Å²) < 4.78 is 2.53.